The van der Waals surface area contributed by atoms with Gasteiger partial charge in [0.15, 0.2) is 0 Å². The molecule has 1 aromatic carbocycles. The molecule has 6 nitrogen and oxygen atoms in total. The number of carbonyl (C=O) groups excluding carboxylic acids is 1. The van der Waals surface area contributed by atoms with Crippen LogP contribution in [-0.2, 0) is 4.74 Å². The first-order valence-electron chi connectivity index (χ1n) is 4.95. The van der Waals surface area contributed by atoms with Crippen LogP contribution in [0.25, 0.3) is 0 Å². The first kappa shape index (κ1) is 14.2. The zero-order chi connectivity index (χ0) is 12.4. The summed E-state index contributed by atoms with van der Waals surface area (Å²) in [5, 5.41) is 13.2. The molecule has 0 saturated carbocycles. The molecule has 0 spiro atoms. The molecule has 1 saturated heterocycles. The Hall–Kier alpha value is -1.89. The summed E-state index contributed by atoms with van der Waals surface area (Å²) < 4.78 is 17.7. The fourth-order valence-electron chi connectivity index (χ4n) is 1.73. The molecule has 8 heteroatoms. The van der Waals surface area contributed by atoms with Crippen LogP contribution in [0.5, 0.6) is 0 Å². The van der Waals surface area contributed by atoms with Crippen molar-refractivity contribution in [1.29, 1.82) is 0 Å². The number of amides is 1. The minimum absolute atomic E-state index is 0. The summed E-state index contributed by atoms with van der Waals surface area (Å²) in [7, 11) is 0. The van der Waals surface area contributed by atoms with Gasteiger partial charge in [0.05, 0.1) is 23.1 Å². The summed E-state index contributed by atoms with van der Waals surface area (Å²) in [4.78, 5) is 21.2. The van der Waals surface area contributed by atoms with E-state index < -0.39 is 22.9 Å². The number of nitrogens with one attached hydrogen (secondary N) is 1. The third-order valence-electron chi connectivity index (χ3n) is 2.49. The van der Waals surface area contributed by atoms with E-state index in [9.17, 15) is 19.3 Å². The average Bonchev–Trinajstić information content (AvgIpc) is 2.28. The Morgan fingerprint density at radius 1 is 1.50 bits per heavy atom. The summed E-state index contributed by atoms with van der Waals surface area (Å²) in [5.41, 5.74) is -0.0507. The minimum Gasteiger partial charge on any atom is -0.449 e. The molecule has 1 aliphatic heterocycles. The van der Waals surface area contributed by atoms with Crippen LogP contribution in [-0.4, -0.2) is 17.6 Å². The SMILES string of the molecule is Cl.O=C1N[C@@H](c2cc(F)ccc2[N+](=O)[O-])CCO1. The number of alkyl carbamates (subject to hydrolysis) is 1. The van der Waals surface area contributed by atoms with Crippen LogP contribution in [0.1, 0.15) is 18.0 Å². The lowest BCUT2D eigenvalue weighted by Crippen LogP contribution is -2.35. The van der Waals surface area contributed by atoms with Crippen molar-refractivity contribution in [3.05, 3.63) is 39.7 Å². The number of halogens is 2. The molecular weight excluding hydrogens is 267 g/mol. The van der Waals surface area contributed by atoms with E-state index in [4.69, 9.17) is 0 Å². The molecule has 0 aliphatic carbocycles. The van der Waals surface area contributed by atoms with Gasteiger partial charge in [-0.05, 0) is 12.1 Å². The monoisotopic (exact) mass is 276 g/mol. The second-order valence-electron chi connectivity index (χ2n) is 3.58. The van der Waals surface area contributed by atoms with Gasteiger partial charge in [-0.2, -0.15) is 0 Å². The summed E-state index contributed by atoms with van der Waals surface area (Å²) >= 11 is 0. The van der Waals surface area contributed by atoms with Crippen LogP contribution in [0.3, 0.4) is 0 Å². The zero-order valence-corrected chi connectivity index (χ0v) is 9.91. The van der Waals surface area contributed by atoms with Crippen molar-refractivity contribution in [1.82, 2.24) is 5.32 Å². The summed E-state index contributed by atoms with van der Waals surface area (Å²) in [6.07, 6.45) is -0.282. The van der Waals surface area contributed by atoms with Crippen molar-refractivity contribution in [2.24, 2.45) is 0 Å². The van der Waals surface area contributed by atoms with Gasteiger partial charge in [0.25, 0.3) is 5.69 Å². The quantitative estimate of drug-likeness (QED) is 0.664. The Morgan fingerprint density at radius 2 is 2.22 bits per heavy atom. The predicted octanol–water partition coefficient (Wildman–Crippen LogP) is 2.33. The van der Waals surface area contributed by atoms with E-state index in [1.165, 1.54) is 0 Å². The molecule has 0 aromatic heterocycles. The average molecular weight is 277 g/mol. The first-order valence-corrected chi connectivity index (χ1v) is 4.95. The van der Waals surface area contributed by atoms with Crippen LogP contribution in [0.2, 0.25) is 0 Å². The van der Waals surface area contributed by atoms with E-state index in [1.807, 2.05) is 0 Å². The van der Waals surface area contributed by atoms with Crippen LogP contribution in [0, 0.1) is 15.9 Å². The topological polar surface area (TPSA) is 81.5 Å². The number of nitrogens with zero attached hydrogens (tertiary/aromatic N) is 1. The lowest BCUT2D eigenvalue weighted by molar-refractivity contribution is -0.385. The molecule has 1 heterocycles. The van der Waals surface area contributed by atoms with Crippen molar-refractivity contribution in [3.63, 3.8) is 0 Å². The largest absolute Gasteiger partial charge is 0.449 e. The smallest absolute Gasteiger partial charge is 0.407 e. The van der Waals surface area contributed by atoms with Crippen LogP contribution in [0.15, 0.2) is 18.2 Å². The zero-order valence-electron chi connectivity index (χ0n) is 9.09. The van der Waals surface area contributed by atoms with Gasteiger partial charge >= 0.3 is 6.09 Å². The molecule has 1 amide bonds. The van der Waals surface area contributed by atoms with E-state index in [1.54, 1.807) is 0 Å². The highest BCUT2D eigenvalue weighted by Gasteiger charge is 2.27. The fourth-order valence-corrected chi connectivity index (χ4v) is 1.73. The molecule has 1 fully saturated rings. The van der Waals surface area contributed by atoms with Crippen molar-refractivity contribution < 1.29 is 18.8 Å². The van der Waals surface area contributed by atoms with Gasteiger partial charge in [-0.1, -0.05) is 0 Å². The van der Waals surface area contributed by atoms with Crippen molar-refractivity contribution in [3.8, 4) is 0 Å². The predicted molar refractivity (Wildman–Crippen MR) is 62.1 cm³/mol. The Morgan fingerprint density at radius 3 is 2.83 bits per heavy atom. The Labute approximate surface area is 108 Å². The molecular formula is C10H10ClFN2O4. The van der Waals surface area contributed by atoms with Crippen LogP contribution >= 0.6 is 12.4 Å². The summed E-state index contributed by atoms with van der Waals surface area (Å²) in [6, 6.07) is 2.58. The Balaban J connectivity index is 0.00000162. The number of benzene rings is 1. The van der Waals surface area contributed by atoms with Gasteiger partial charge in [-0.25, -0.2) is 9.18 Å². The van der Waals surface area contributed by atoms with E-state index in [-0.39, 0.29) is 30.3 Å². The van der Waals surface area contributed by atoms with Gasteiger partial charge in [0, 0.05) is 12.5 Å². The number of hydrogen-bond acceptors (Lipinski definition) is 4. The van der Waals surface area contributed by atoms with Gasteiger partial charge in [0.2, 0.25) is 0 Å². The molecule has 1 atom stereocenters. The third kappa shape index (κ3) is 2.86. The number of carbonyl (C=O) groups is 1. The maximum atomic E-state index is 13.1. The lowest BCUT2D eigenvalue weighted by Gasteiger charge is -2.23. The van der Waals surface area contributed by atoms with Gasteiger partial charge in [0.1, 0.15) is 5.82 Å². The van der Waals surface area contributed by atoms with Crippen LogP contribution < -0.4 is 5.32 Å². The highest BCUT2D eigenvalue weighted by atomic mass is 35.5. The molecule has 18 heavy (non-hydrogen) atoms. The number of nitro benzene ring substituents is 1. The normalized spacial score (nSPS) is 18.3. The van der Waals surface area contributed by atoms with Crippen molar-refractivity contribution in [2.75, 3.05) is 6.61 Å². The van der Waals surface area contributed by atoms with E-state index in [2.05, 4.69) is 10.1 Å². The highest BCUT2D eigenvalue weighted by molar-refractivity contribution is 5.85. The van der Waals surface area contributed by atoms with Gasteiger partial charge < -0.3 is 10.1 Å². The molecule has 0 unspecified atom stereocenters. The van der Waals surface area contributed by atoms with Gasteiger partial charge in [-0.3, -0.25) is 10.1 Å². The molecule has 2 rings (SSSR count). The molecule has 0 bridgehead atoms. The third-order valence-corrected chi connectivity index (χ3v) is 2.49. The molecule has 1 N–H and O–H groups in total. The maximum absolute atomic E-state index is 13.1. The first-order chi connectivity index (χ1) is 8.08. The molecule has 98 valence electrons. The van der Waals surface area contributed by atoms with E-state index >= 15 is 0 Å². The Kier molecular flexibility index (Phi) is 4.43. The summed E-state index contributed by atoms with van der Waals surface area (Å²) in [6.45, 7) is 0.157. The standard InChI is InChI=1S/C10H9FN2O4.ClH/c11-6-1-2-9(13(15)16)7(5-6)8-3-4-17-10(14)12-8;/h1-2,5,8H,3-4H2,(H,12,14);1H/t8-;/m1./s1. The Bertz CT molecular complexity index is 483. The molecule has 1 aromatic rings. The van der Waals surface area contributed by atoms with E-state index in [0.717, 1.165) is 18.2 Å². The number of rotatable bonds is 2. The number of cyclic esters (lactones) is 1. The number of ether oxygens (including phenoxy) is 1. The summed E-state index contributed by atoms with van der Waals surface area (Å²) in [5.74, 6) is -0.577. The van der Waals surface area contributed by atoms with Crippen molar-refractivity contribution in [2.45, 2.75) is 12.5 Å². The lowest BCUT2D eigenvalue weighted by atomic mass is 10.0. The fraction of sp³-hybridized carbons (Fsp3) is 0.300. The second kappa shape index (κ2) is 5.63. The maximum Gasteiger partial charge on any atom is 0.407 e. The highest BCUT2D eigenvalue weighted by Crippen LogP contribution is 2.29. The van der Waals surface area contributed by atoms with E-state index in [0.29, 0.717) is 6.42 Å². The van der Waals surface area contributed by atoms with Crippen LogP contribution in [0.4, 0.5) is 14.9 Å². The van der Waals surface area contributed by atoms with Gasteiger partial charge in [-0.15, -0.1) is 12.4 Å². The number of nitro groups is 1. The van der Waals surface area contributed by atoms with Crippen molar-refractivity contribution >= 4 is 24.2 Å². The molecule has 1 aliphatic rings. The minimum atomic E-state index is -0.653. The second-order valence-corrected chi connectivity index (χ2v) is 3.58. The number of hydrogen-bond donors (Lipinski definition) is 1. The molecule has 0 radical (unpaired) electrons.